The number of aromatic carboxylic acids is 1. The molecule has 102 valence electrons. The number of carboxylic acids is 1. The Balaban J connectivity index is 2.42. The van der Waals surface area contributed by atoms with Gasteiger partial charge in [0.2, 0.25) is 5.75 Å². The molecule has 2 rings (SSSR count). The highest BCUT2D eigenvalue weighted by molar-refractivity contribution is 14.1. The fourth-order valence-electron chi connectivity index (χ4n) is 1.53. The normalized spacial score (nSPS) is 10.1. The standard InChI is InChI=1S/C13H8INO5/c14-9-6-5-8(13(16)17)7-12(9)20-11-4-2-1-3-10(11)15(18)19/h1-7H,(H,16,17). The summed E-state index contributed by atoms with van der Waals surface area (Å²) in [4.78, 5) is 21.3. The van der Waals surface area contributed by atoms with Crippen LogP contribution in [0.2, 0.25) is 0 Å². The number of hydrogen-bond donors (Lipinski definition) is 1. The molecule has 0 fully saturated rings. The Bertz CT molecular complexity index is 686. The Kier molecular flexibility index (Phi) is 4.18. The van der Waals surface area contributed by atoms with Crippen LogP contribution in [0.3, 0.4) is 0 Å². The van der Waals surface area contributed by atoms with Crippen molar-refractivity contribution in [3.8, 4) is 11.5 Å². The minimum absolute atomic E-state index is 0.0546. The maximum Gasteiger partial charge on any atom is 0.335 e. The summed E-state index contributed by atoms with van der Waals surface area (Å²) in [6.45, 7) is 0. The highest BCUT2D eigenvalue weighted by Crippen LogP contribution is 2.33. The third-order valence-electron chi connectivity index (χ3n) is 2.46. The number of nitrogens with zero attached hydrogens (tertiary/aromatic N) is 1. The van der Waals surface area contributed by atoms with Crippen LogP contribution in [0, 0.1) is 13.7 Å². The first-order valence-corrected chi connectivity index (χ1v) is 6.51. The van der Waals surface area contributed by atoms with E-state index in [0.29, 0.717) is 3.57 Å². The molecule has 7 heteroatoms. The van der Waals surface area contributed by atoms with Crippen molar-refractivity contribution in [3.05, 3.63) is 61.7 Å². The van der Waals surface area contributed by atoms with E-state index in [1.165, 1.54) is 30.3 Å². The van der Waals surface area contributed by atoms with Crippen LogP contribution in [-0.2, 0) is 0 Å². The van der Waals surface area contributed by atoms with Gasteiger partial charge in [0.1, 0.15) is 5.75 Å². The van der Waals surface area contributed by atoms with Crippen molar-refractivity contribution in [2.45, 2.75) is 0 Å². The lowest BCUT2D eigenvalue weighted by Crippen LogP contribution is -1.99. The second-order valence-electron chi connectivity index (χ2n) is 3.78. The van der Waals surface area contributed by atoms with E-state index in [4.69, 9.17) is 9.84 Å². The minimum Gasteiger partial charge on any atom is -0.478 e. The zero-order chi connectivity index (χ0) is 14.7. The second-order valence-corrected chi connectivity index (χ2v) is 4.94. The molecule has 0 heterocycles. The van der Waals surface area contributed by atoms with Gasteiger partial charge in [0.05, 0.1) is 14.1 Å². The average molecular weight is 385 g/mol. The zero-order valence-corrected chi connectivity index (χ0v) is 12.1. The van der Waals surface area contributed by atoms with Gasteiger partial charge in [-0.3, -0.25) is 10.1 Å². The molecular weight excluding hydrogens is 377 g/mol. The van der Waals surface area contributed by atoms with Gasteiger partial charge in [-0.1, -0.05) is 12.1 Å². The summed E-state index contributed by atoms with van der Waals surface area (Å²) in [5, 5.41) is 19.8. The molecule has 0 unspecified atom stereocenters. The van der Waals surface area contributed by atoms with E-state index in [0.717, 1.165) is 0 Å². The molecular formula is C13H8INO5. The molecule has 0 saturated carbocycles. The largest absolute Gasteiger partial charge is 0.478 e. The van der Waals surface area contributed by atoms with Gasteiger partial charge in [-0.05, 0) is 46.9 Å². The fraction of sp³-hybridized carbons (Fsp3) is 0. The van der Waals surface area contributed by atoms with Gasteiger partial charge in [-0.25, -0.2) is 4.79 Å². The summed E-state index contributed by atoms with van der Waals surface area (Å²) in [5.74, 6) is -0.758. The molecule has 2 aromatic carbocycles. The third kappa shape index (κ3) is 3.05. The summed E-state index contributed by atoms with van der Waals surface area (Å²) >= 11 is 1.97. The van der Waals surface area contributed by atoms with Crippen LogP contribution in [0.5, 0.6) is 11.5 Å². The summed E-state index contributed by atoms with van der Waals surface area (Å²) in [6, 6.07) is 10.3. The van der Waals surface area contributed by atoms with Gasteiger partial charge in [0, 0.05) is 6.07 Å². The molecule has 2 aromatic rings. The zero-order valence-electron chi connectivity index (χ0n) is 9.95. The Morgan fingerprint density at radius 1 is 1.20 bits per heavy atom. The summed E-state index contributed by atoms with van der Waals surface area (Å²) in [7, 11) is 0. The van der Waals surface area contributed by atoms with Crippen LogP contribution in [0.1, 0.15) is 10.4 Å². The number of ether oxygens (including phenoxy) is 1. The van der Waals surface area contributed by atoms with Crippen LogP contribution in [-0.4, -0.2) is 16.0 Å². The number of nitro groups is 1. The van der Waals surface area contributed by atoms with Crippen molar-refractivity contribution < 1.29 is 19.6 Å². The SMILES string of the molecule is O=C(O)c1ccc(I)c(Oc2ccccc2[N+](=O)[O-])c1. The van der Waals surface area contributed by atoms with Crippen LogP contribution >= 0.6 is 22.6 Å². The van der Waals surface area contributed by atoms with Crippen LogP contribution in [0.4, 0.5) is 5.69 Å². The molecule has 0 radical (unpaired) electrons. The van der Waals surface area contributed by atoms with Crippen LogP contribution in [0.15, 0.2) is 42.5 Å². The average Bonchev–Trinajstić information content (AvgIpc) is 2.41. The monoisotopic (exact) mass is 385 g/mol. The Morgan fingerprint density at radius 3 is 2.55 bits per heavy atom. The smallest absolute Gasteiger partial charge is 0.335 e. The van der Waals surface area contributed by atoms with Crippen LogP contribution < -0.4 is 4.74 Å². The first-order valence-electron chi connectivity index (χ1n) is 5.43. The third-order valence-corrected chi connectivity index (χ3v) is 3.35. The second kappa shape index (κ2) is 5.87. The lowest BCUT2D eigenvalue weighted by atomic mass is 10.2. The van der Waals surface area contributed by atoms with E-state index in [1.54, 1.807) is 12.1 Å². The van der Waals surface area contributed by atoms with Crippen LogP contribution in [0.25, 0.3) is 0 Å². The molecule has 0 amide bonds. The van der Waals surface area contributed by atoms with E-state index >= 15 is 0 Å². The van der Waals surface area contributed by atoms with Crippen molar-refractivity contribution in [1.82, 2.24) is 0 Å². The summed E-state index contributed by atoms with van der Waals surface area (Å²) in [5.41, 5.74) is -0.122. The predicted molar refractivity (Wildman–Crippen MR) is 79.3 cm³/mol. The molecule has 0 aliphatic rings. The first kappa shape index (κ1) is 14.3. The minimum atomic E-state index is -1.09. The van der Waals surface area contributed by atoms with Crippen molar-refractivity contribution in [1.29, 1.82) is 0 Å². The number of rotatable bonds is 4. The van der Waals surface area contributed by atoms with E-state index in [1.807, 2.05) is 22.6 Å². The number of halogens is 1. The van der Waals surface area contributed by atoms with Gasteiger partial charge in [0.25, 0.3) is 0 Å². The number of carboxylic acid groups (broad SMARTS) is 1. The number of benzene rings is 2. The maximum absolute atomic E-state index is 10.9. The van der Waals surface area contributed by atoms with E-state index in [2.05, 4.69) is 0 Å². The topological polar surface area (TPSA) is 89.7 Å². The molecule has 0 aliphatic carbocycles. The van der Waals surface area contributed by atoms with Gasteiger partial charge in [-0.15, -0.1) is 0 Å². The highest BCUT2D eigenvalue weighted by Gasteiger charge is 2.16. The lowest BCUT2D eigenvalue weighted by Gasteiger charge is -2.08. The molecule has 1 N–H and O–H groups in total. The van der Waals surface area contributed by atoms with Crippen molar-refractivity contribution in [2.75, 3.05) is 0 Å². The maximum atomic E-state index is 10.9. The molecule has 0 saturated heterocycles. The molecule has 0 aromatic heterocycles. The molecule has 0 spiro atoms. The molecule has 6 nitrogen and oxygen atoms in total. The van der Waals surface area contributed by atoms with Gasteiger partial charge < -0.3 is 9.84 Å². The molecule has 0 aliphatic heterocycles. The highest BCUT2D eigenvalue weighted by atomic mass is 127. The molecule has 0 atom stereocenters. The predicted octanol–water partition coefficient (Wildman–Crippen LogP) is 3.69. The molecule has 0 bridgehead atoms. The van der Waals surface area contributed by atoms with Gasteiger partial charge >= 0.3 is 11.7 Å². The fourth-order valence-corrected chi connectivity index (χ4v) is 1.97. The quantitative estimate of drug-likeness (QED) is 0.493. The van der Waals surface area contributed by atoms with Gasteiger partial charge in [-0.2, -0.15) is 0 Å². The number of carbonyl (C=O) groups is 1. The number of hydrogen-bond acceptors (Lipinski definition) is 4. The lowest BCUT2D eigenvalue weighted by molar-refractivity contribution is -0.385. The van der Waals surface area contributed by atoms with E-state index in [9.17, 15) is 14.9 Å². The summed E-state index contributed by atoms with van der Waals surface area (Å²) < 4.78 is 6.14. The van der Waals surface area contributed by atoms with Gasteiger partial charge in [0.15, 0.2) is 0 Å². The van der Waals surface area contributed by atoms with E-state index < -0.39 is 10.9 Å². The van der Waals surface area contributed by atoms with Crippen molar-refractivity contribution >= 4 is 34.2 Å². The number of para-hydroxylation sites is 2. The Hall–Kier alpha value is -2.16. The van der Waals surface area contributed by atoms with Crippen molar-refractivity contribution in [3.63, 3.8) is 0 Å². The molecule has 20 heavy (non-hydrogen) atoms. The Labute approximate surface area is 127 Å². The van der Waals surface area contributed by atoms with E-state index in [-0.39, 0.29) is 22.7 Å². The Morgan fingerprint density at radius 2 is 1.90 bits per heavy atom. The van der Waals surface area contributed by atoms with Crippen molar-refractivity contribution in [2.24, 2.45) is 0 Å². The number of nitro benzene ring substituents is 1. The summed E-state index contributed by atoms with van der Waals surface area (Å²) in [6.07, 6.45) is 0. The first-order chi connectivity index (χ1) is 9.49.